The molecule has 0 fully saturated rings. The van der Waals surface area contributed by atoms with Crippen LogP contribution in [0.3, 0.4) is 0 Å². The van der Waals surface area contributed by atoms with Crippen LogP contribution in [-0.4, -0.2) is 11.0 Å². The summed E-state index contributed by atoms with van der Waals surface area (Å²) in [6.07, 6.45) is 0. The van der Waals surface area contributed by atoms with Crippen molar-refractivity contribution in [3.8, 4) is 5.75 Å². The van der Waals surface area contributed by atoms with Gasteiger partial charge in [-0.15, -0.1) is 0 Å². The third kappa shape index (κ3) is 3.27. The van der Waals surface area contributed by atoms with Crippen LogP contribution in [0.15, 0.2) is 45.3 Å². The number of phenols is 1. The number of aromatic hydroxyl groups is 1. The highest BCUT2D eigenvalue weighted by Gasteiger charge is 2.11. The maximum absolute atomic E-state index is 12.0. The highest BCUT2D eigenvalue weighted by atomic mass is 79.9. The number of rotatable bonds is 2. The summed E-state index contributed by atoms with van der Waals surface area (Å²) in [6.45, 7) is 0. The molecule has 0 aliphatic rings. The number of halogens is 2. The maximum Gasteiger partial charge on any atom is 0.259 e. The van der Waals surface area contributed by atoms with Crippen LogP contribution in [0.1, 0.15) is 10.4 Å². The SMILES string of the molecule is Nc1cc(NC(=O)c2ccc(Br)cc2O)ccc1Br. The second-order valence-corrected chi connectivity index (χ2v) is 5.62. The average Bonchev–Trinajstić information content (AvgIpc) is 2.33. The summed E-state index contributed by atoms with van der Waals surface area (Å²) in [4.78, 5) is 12.0. The van der Waals surface area contributed by atoms with Gasteiger partial charge in [-0.2, -0.15) is 0 Å². The lowest BCUT2D eigenvalue weighted by atomic mass is 10.2. The van der Waals surface area contributed by atoms with Gasteiger partial charge < -0.3 is 16.2 Å². The molecule has 0 aliphatic carbocycles. The first-order valence-electron chi connectivity index (χ1n) is 5.32. The van der Waals surface area contributed by atoms with Crippen molar-refractivity contribution in [2.24, 2.45) is 0 Å². The van der Waals surface area contributed by atoms with Crippen molar-refractivity contribution in [3.05, 3.63) is 50.9 Å². The molecule has 0 atom stereocenters. The zero-order valence-electron chi connectivity index (χ0n) is 9.65. The first-order chi connectivity index (χ1) is 8.97. The molecule has 0 saturated heterocycles. The molecule has 98 valence electrons. The lowest BCUT2D eigenvalue weighted by Gasteiger charge is -2.08. The zero-order valence-corrected chi connectivity index (χ0v) is 12.8. The van der Waals surface area contributed by atoms with E-state index in [9.17, 15) is 9.90 Å². The third-order valence-electron chi connectivity index (χ3n) is 2.46. The van der Waals surface area contributed by atoms with Crippen molar-refractivity contribution >= 4 is 49.1 Å². The van der Waals surface area contributed by atoms with E-state index in [2.05, 4.69) is 37.2 Å². The quantitative estimate of drug-likeness (QED) is 0.689. The Labute approximate surface area is 126 Å². The van der Waals surface area contributed by atoms with Gasteiger partial charge in [0, 0.05) is 20.3 Å². The van der Waals surface area contributed by atoms with Gasteiger partial charge in [-0.25, -0.2) is 0 Å². The van der Waals surface area contributed by atoms with Crippen LogP contribution in [0.25, 0.3) is 0 Å². The molecule has 6 heteroatoms. The molecule has 0 spiro atoms. The molecule has 0 heterocycles. The van der Waals surface area contributed by atoms with Crippen molar-refractivity contribution in [1.82, 2.24) is 0 Å². The predicted octanol–water partition coefficient (Wildman–Crippen LogP) is 3.75. The minimum absolute atomic E-state index is 0.0861. The number of carbonyl (C=O) groups excluding carboxylic acids is 1. The largest absolute Gasteiger partial charge is 0.507 e. The van der Waals surface area contributed by atoms with Gasteiger partial charge in [-0.1, -0.05) is 15.9 Å². The van der Waals surface area contributed by atoms with E-state index in [1.54, 1.807) is 24.3 Å². The molecule has 0 aromatic heterocycles. The van der Waals surface area contributed by atoms with Crippen LogP contribution < -0.4 is 11.1 Å². The number of hydrogen-bond donors (Lipinski definition) is 3. The minimum Gasteiger partial charge on any atom is -0.507 e. The molecule has 0 unspecified atom stereocenters. The van der Waals surface area contributed by atoms with E-state index in [1.807, 2.05) is 0 Å². The number of nitrogens with two attached hydrogens (primary N) is 1. The average molecular weight is 386 g/mol. The molecule has 0 aliphatic heterocycles. The summed E-state index contributed by atoms with van der Waals surface area (Å²) < 4.78 is 1.46. The fourth-order valence-electron chi connectivity index (χ4n) is 1.52. The Morgan fingerprint density at radius 1 is 1.16 bits per heavy atom. The first-order valence-corrected chi connectivity index (χ1v) is 6.91. The summed E-state index contributed by atoms with van der Waals surface area (Å²) >= 11 is 6.49. The van der Waals surface area contributed by atoms with Gasteiger partial charge in [0.25, 0.3) is 5.91 Å². The van der Waals surface area contributed by atoms with Crippen LogP contribution in [-0.2, 0) is 0 Å². The van der Waals surface area contributed by atoms with Gasteiger partial charge in [0.15, 0.2) is 0 Å². The first kappa shape index (κ1) is 13.9. The smallest absolute Gasteiger partial charge is 0.259 e. The summed E-state index contributed by atoms with van der Waals surface area (Å²) in [5.74, 6) is -0.483. The summed E-state index contributed by atoms with van der Waals surface area (Å²) in [7, 11) is 0. The number of anilines is 2. The Bertz CT molecular complexity index is 645. The lowest BCUT2D eigenvalue weighted by molar-refractivity contribution is 0.102. The Balaban J connectivity index is 2.23. The van der Waals surface area contributed by atoms with Crippen LogP contribution in [0.5, 0.6) is 5.75 Å². The number of nitrogens with one attached hydrogen (secondary N) is 1. The number of amides is 1. The van der Waals surface area contributed by atoms with Gasteiger partial charge in [-0.3, -0.25) is 4.79 Å². The molecule has 0 radical (unpaired) electrons. The Morgan fingerprint density at radius 3 is 2.53 bits per heavy atom. The summed E-state index contributed by atoms with van der Waals surface area (Å²) in [6, 6.07) is 9.78. The van der Waals surface area contributed by atoms with Crippen LogP contribution in [0.4, 0.5) is 11.4 Å². The van der Waals surface area contributed by atoms with E-state index in [-0.39, 0.29) is 11.3 Å². The molecule has 0 bridgehead atoms. The minimum atomic E-state index is -0.397. The molecule has 2 aromatic carbocycles. The van der Waals surface area contributed by atoms with E-state index in [4.69, 9.17) is 5.73 Å². The molecular weight excluding hydrogens is 376 g/mol. The highest BCUT2D eigenvalue weighted by Crippen LogP contribution is 2.25. The van der Waals surface area contributed by atoms with Crippen molar-refractivity contribution in [2.45, 2.75) is 0 Å². The third-order valence-corrected chi connectivity index (χ3v) is 3.67. The van der Waals surface area contributed by atoms with E-state index in [1.165, 1.54) is 12.1 Å². The zero-order chi connectivity index (χ0) is 14.0. The molecule has 19 heavy (non-hydrogen) atoms. The summed E-state index contributed by atoms with van der Waals surface area (Å²) in [5.41, 5.74) is 7.02. The van der Waals surface area contributed by atoms with Crippen LogP contribution in [0, 0.1) is 0 Å². The van der Waals surface area contributed by atoms with Crippen molar-refractivity contribution < 1.29 is 9.90 Å². The Morgan fingerprint density at radius 2 is 1.89 bits per heavy atom. The van der Waals surface area contributed by atoms with E-state index >= 15 is 0 Å². The number of hydrogen-bond acceptors (Lipinski definition) is 3. The molecule has 2 rings (SSSR count). The fraction of sp³-hybridized carbons (Fsp3) is 0. The van der Waals surface area contributed by atoms with Crippen molar-refractivity contribution in [2.75, 3.05) is 11.1 Å². The van der Waals surface area contributed by atoms with E-state index in [0.29, 0.717) is 15.8 Å². The Kier molecular flexibility index (Phi) is 4.11. The molecule has 4 nitrogen and oxygen atoms in total. The fourth-order valence-corrected chi connectivity index (χ4v) is 2.11. The van der Waals surface area contributed by atoms with Crippen molar-refractivity contribution in [3.63, 3.8) is 0 Å². The van der Waals surface area contributed by atoms with Gasteiger partial charge in [0.1, 0.15) is 5.75 Å². The molecule has 0 saturated carbocycles. The van der Waals surface area contributed by atoms with Crippen molar-refractivity contribution in [1.29, 1.82) is 0 Å². The van der Waals surface area contributed by atoms with Gasteiger partial charge >= 0.3 is 0 Å². The second kappa shape index (κ2) is 5.63. The summed E-state index contributed by atoms with van der Waals surface area (Å²) in [5, 5.41) is 12.4. The molecule has 4 N–H and O–H groups in total. The molecule has 2 aromatic rings. The van der Waals surface area contributed by atoms with Gasteiger partial charge in [0.2, 0.25) is 0 Å². The second-order valence-electron chi connectivity index (χ2n) is 3.85. The normalized spacial score (nSPS) is 10.2. The van der Waals surface area contributed by atoms with Crippen LogP contribution >= 0.6 is 31.9 Å². The predicted molar refractivity (Wildman–Crippen MR) is 82.3 cm³/mol. The lowest BCUT2D eigenvalue weighted by Crippen LogP contribution is -2.12. The van der Waals surface area contributed by atoms with Gasteiger partial charge in [0.05, 0.1) is 5.56 Å². The topological polar surface area (TPSA) is 75.3 Å². The number of carbonyl (C=O) groups is 1. The standard InChI is InChI=1S/C13H10Br2N2O2/c14-7-1-3-9(12(18)5-7)13(19)17-8-2-4-10(15)11(16)6-8/h1-6,18H,16H2,(H,17,19). The number of nitrogen functional groups attached to an aromatic ring is 1. The maximum atomic E-state index is 12.0. The molecular formula is C13H10Br2N2O2. The van der Waals surface area contributed by atoms with Gasteiger partial charge in [-0.05, 0) is 52.3 Å². The highest BCUT2D eigenvalue weighted by molar-refractivity contribution is 9.10. The number of benzene rings is 2. The van der Waals surface area contributed by atoms with Crippen LogP contribution in [0.2, 0.25) is 0 Å². The number of phenolic OH excluding ortho intramolecular Hbond substituents is 1. The van der Waals surface area contributed by atoms with E-state index in [0.717, 1.165) is 4.47 Å². The van der Waals surface area contributed by atoms with E-state index < -0.39 is 5.91 Å². The molecule has 1 amide bonds. The Hall–Kier alpha value is -1.53. The monoisotopic (exact) mass is 384 g/mol.